The Morgan fingerprint density at radius 1 is 1.11 bits per heavy atom. The zero-order valence-electron chi connectivity index (χ0n) is 12.6. The van der Waals surface area contributed by atoms with Crippen molar-refractivity contribution in [3.8, 4) is 0 Å². The third kappa shape index (κ3) is 5.98. The Bertz CT molecular complexity index is 243. The van der Waals surface area contributed by atoms with Gasteiger partial charge in [0.15, 0.2) is 0 Å². The number of esters is 1. The highest BCUT2D eigenvalue weighted by molar-refractivity contribution is 6.72. The molecular formula is C13H28O4Si. The predicted octanol–water partition coefficient (Wildman–Crippen LogP) is 3.25. The molecule has 0 aromatic heterocycles. The molecule has 2 atom stereocenters. The van der Waals surface area contributed by atoms with E-state index in [2.05, 4.69) is 20.0 Å². The predicted molar refractivity (Wildman–Crippen MR) is 74.7 cm³/mol. The second-order valence-electron chi connectivity index (χ2n) is 4.75. The average Bonchev–Trinajstić information content (AvgIpc) is 2.33. The normalized spacial score (nSPS) is 15.2. The number of hydrogen-bond donors (Lipinski definition) is 0. The Labute approximate surface area is 112 Å². The van der Waals surface area contributed by atoms with Crippen molar-refractivity contribution in [1.29, 1.82) is 0 Å². The van der Waals surface area contributed by atoms with Crippen LogP contribution in [0.4, 0.5) is 0 Å². The molecule has 0 fully saturated rings. The van der Waals surface area contributed by atoms with E-state index < -0.39 is 14.6 Å². The van der Waals surface area contributed by atoms with Crippen LogP contribution in [0, 0.1) is 0 Å². The van der Waals surface area contributed by atoms with Gasteiger partial charge in [0.1, 0.15) is 0 Å². The minimum Gasteiger partial charge on any atom is -0.436 e. The first-order valence-electron chi connectivity index (χ1n) is 6.90. The fraction of sp³-hybridized carbons (Fsp3) is 0.923. The monoisotopic (exact) mass is 276 g/mol. The van der Waals surface area contributed by atoms with E-state index in [1.807, 2.05) is 13.8 Å². The Morgan fingerprint density at radius 3 is 2.11 bits per heavy atom. The molecule has 0 heterocycles. The van der Waals surface area contributed by atoms with E-state index in [1.54, 1.807) is 6.92 Å². The molecule has 0 radical (unpaired) electrons. The Kier molecular flexibility index (Phi) is 8.48. The maximum absolute atomic E-state index is 11.3. The van der Waals surface area contributed by atoms with Crippen molar-refractivity contribution in [2.24, 2.45) is 0 Å². The number of carbonyl (C=O) groups excluding carboxylic acids is 1. The van der Waals surface area contributed by atoms with Crippen LogP contribution in [0.3, 0.4) is 0 Å². The second-order valence-corrected chi connectivity index (χ2v) is 8.89. The lowest BCUT2D eigenvalue weighted by Crippen LogP contribution is -2.48. The van der Waals surface area contributed by atoms with Crippen molar-refractivity contribution in [3.63, 3.8) is 0 Å². The molecule has 0 aliphatic carbocycles. The molecule has 0 amide bonds. The lowest BCUT2D eigenvalue weighted by Gasteiger charge is -2.33. The summed E-state index contributed by atoms with van der Waals surface area (Å²) in [5.41, 5.74) is 0.0482. The van der Waals surface area contributed by atoms with Crippen molar-refractivity contribution >= 4 is 14.3 Å². The van der Waals surface area contributed by atoms with E-state index in [0.717, 1.165) is 6.42 Å². The summed E-state index contributed by atoms with van der Waals surface area (Å²) in [6.45, 7) is 12.8. The largest absolute Gasteiger partial charge is 0.436 e. The molecule has 0 bridgehead atoms. The van der Waals surface area contributed by atoms with Gasteiger partial charge in [-0.3, -0.25) is 4.79 Å². The molecule has 0 N–H and O–H groups in total. The van der Waals surface area contributed by atoms with Crippen LogP contribution in [0.5, 0.6) is 0 Å². The van der Waals surface area contributed by atoms with Crippen LogP contribution in [0.15, 0.2) is 0 Å². The third-order valence-corrected chi connectivity index (χ3v) is 5.99. The van der Waals surface area contributed by atoms with Gasteiger partial charge in [-0.25, -0.2) is 0 Å². The average molecular weight is 276 g/mol. The van der Waals surface area contributed by atoms with Crippen LogP contribution in [-0.4, -0.2) is 32.9 Å². The highest BCUT2D eigenvalue weighted by atomic mass is 28.4. The number of hydrogen-bond acceptors (Lipinski definition) is 4. The summed E-state index contributed by atoms with van der Waals surface area (Å²) >= 11 is 0. The van der Waals surface area contributed by atoms with E-state index in [-0.39, 0.29) is 11.7 Å². The van der Waals surface area contributed by atoms with E-state index in [4.69, 9.17) is 13.9 Å². The minimum atomic E-state index is -1.89. The highest BCUT2D eigenvalue weighted by Crippen LogP contribution is 2.20. The van der Waals surface area contributed by atoms with E-state index in [9.17, 15) is 4.79 Å². The van der Waals surface area contributed by atoms with Gasteiger partial charge in [-0.1, -0.05) is 20.8 Å². The number of ether oxygens (including phenoxy) is 2. The molecule has 2 unspecified atom stereocenters. The Hall–Kier alpha value is -0.393. The molecule has 0 aliphatic heterocycles. The summed E-state index contributed by atoms with van der Waals surface area (Å²) in [5.74, 6) is -0.215. The van der Waals surface area contributed by atoms with E-state index >= 15 is 0 Å². The quantitative estimate of drug-likeness (QED) is 0.368. The first-order valence-corrected chi connectivity index (χ1v) is 9.88. The Morgan fingerprint density at radius 2 is 1.72 bits per heavy atom. The summed E-state index contributed by atoms with van der Waals surface area (Å²) in [4.78, 5) is 11.3. The first kappa shape index (κ1) is 17.6. The zero-order chi connectivity index (χ0) is 14.2. The Balaban J connectivity index is 4.52. The maximum Gasteiger partial charge on any atom is 0.307 e. The van der Waals surface area contributed by atoms with Crippen molar-refractivity contribution in [2.75, 3.05) is 6.61 Å². The SMILES string of the molecule is CCO[Si](C)(C)C(CC)OC(CC)OC(=O)CC. The fourth-order valence-corrected chi connectivity index (χ4v) is 4.23. The molecule has 0 aromatic rings. The minimum absolute atomic E-state index is 0.0482. The number of rotatable bonds is 9. The van der Waals surface area contributed by atoms with Gasteiger partial charge in [0.25, 0.3) is 0 Å². The molecule has 108 valence electrons. The van der Waals surface area contributed by atoms with Gasteiger partial charge >= 0.3 is 5.97 Å². The van der Waals surface area contributed by atoms with Gasteiger partial charge in [0.05, 0.1) is 5.73 Å². The van der Waals surface area contributed by atoms with Crippen LogP contribution in [0.2, 0.25) is 13.1 Å². The molecule has 0 saturated carbocycles. The zero-order valence-corrected chi connectivity index (χ0v) is 13.6. The first-order chi connectivity index (χ1) is 8.41. The molecule has 0 saturated heterocycles. The second kappa shape index (κ2) is 8.66. The van der Waals surface area contributed by atoms with Crippen LogP contribution >= 0.6 is 0 Å². The van der Waals surface area contributed by atoms with Crippen molar-refractivity contribution in [2.45, 2.75) is 72.1 Å². The van der Waals surface area contributed by atoms with Gasteiger partial charge in [0, 0.05) is 19.4 Å². The van der Waals surface area contributed by atoms with Crippen LogP contribution in [0.1, 0.15) is 47.0 Å². The fourth-order valence-electron chi connectivity index (χ4n) is 1.84. The van der Waals surface area contributed by atoms with Gasteiger partial charge in [-0.2, -0.15) is 0 Å². The molecule has 0 aromatic carbocycles. The van der Waals surface area contributed by atoms with Gasteiger partial charge in [-0.05, 0) is 26.4 Å². The van der Waals surface area contributed by atoms with Crippen LogP contribution in [-0.2, 0) is 18.7 Å². The number of carbonyl (C=O) groups is 1. The standard InChI is InChI=1S/C13H28O4Si/c1-7-11(14)16-12(8-2)17-13(9-3)18(5,6)15-10-4/h12-13H,7-10H2,1-6H3. The lowest BCUT2D eigenvalue weighted by molar-refractivity contribution is -0.184. The van der Waals surface area contributed by atoms with E-state index in [0.29, 0.717) is 19.4 Å². The molecular weight excluding hydrogens is 248 g/mol. The lowest BCUT2D eigenvalue weighted by atomic mass is 10.4. The molecule has 0 aliphatic rings. The summed E-state index contributed by atoms with van der Waals surface area (Å²) < 4.78 is 17.0. The molecule has 0 rings (SSSR count). The van der Waals surface area contributed by atoms with Crippen molar-refractivity contribution in [3.05, 3.63) is 0 Å². The summed E-state index contributed by atoms with van der Waals surface area (Å²) in [6.07, 6.45) is 1.47. The molecule has 0 spiro atoms. The topological polar surface area (TPSA) is 44.8 Å². The van der Waals surface area contributed by atoms with Crippen LogP contribution < -0.4 is 0 Å². The smallest absolute Gasteiger partial charge is 0.307 e. The van der Waals surface area contributed by atoms with Crippen molar-refractivity contribution in [1.82, 2.24) is 0 Å². The summed E-state index contributed by atoms with van der Waals surface area (Å²) in [5, 5.41) is 0. The molecule has 18 heavy (non-hydrogen) atoms. The van der Waals surface area contributed by atoms with E-state index in [1.165, 1.54) is 0 Å². The molecule has 5 heteroatoms. The van der Waals surface area contributed by atoms with Gasteiger partial charge in [0.2, 0.25) is 14.6 Å². The summed E-state index contributed by atoms with van der Waals surface area (Å²) in [7, 11) is -1.89. The van der Waals surface area contributed by atoms with Crippen LogP contribution in [0.25, 0.3) is 0 Å². The van der Waals surface area contributed by atoms with Gasteiger partial charge < -0.3 is 13.9 Å². The van der Waals surface area contributed by atoms with Gasteiger partial charge in [-0.15, -0.1) is 0 Å². The highest BCUT2D eigenvalue weighted by Gasteiger charge is 2.35. The maximum atomic E-state index is 11.3. The molecule has 4 nitrogen and oxygen atoms in total. The third-order valence-electron chi connectivity index (χ3n) is 2.86. The van der Waals surface area contributed by atoms with Crippen molar-refractivity contribution < 1.29 is 18.7 Å². The summed E-state index contributed by atoms with van der Waals surface area (Å²) in [6, 6.07) is 0.